The molecule has 1 N–H and O–H groups in total. The molecular weight excluding hydrogens is 283 g/mol. The van der Waals surface area contributed by atoms with Gasteiger partial charge in [0.2, 0.25) is 5.67 Å². The Morgan fingerprint density at radius 1 is 1.55 bits per heavy atom. The van der Waals surface area contributed by atoms with E-state index in [-0.39, 0.29) is 25.4 Å². The summed E-state index contributed by atoms with van der Waals surface area (Å²) in [5.74, 6) is -1.82. The maximum Gasteiger partial charge on any atom is 0.343 e. The van der Waals surface area contributed by atoms with Gasteiger partial charge in [0, 0.05) is 13.0 Å². The molecule has 1 saturated heterocycles. The highest BCUT2D eigenvalue weighted by Crippen LogP contribution is 2.29. The Bertz CT molecular complexity index is 546. The molecule has 1 amide bonds. The number of aromatic nitrogens is 1. The number of carbonyl (C=O) groups excluding carboxylic acids is 1. The van der Waals surface area contributed by atoms with E-state index in [4.69, 9.17) is 5.11 Å². The number of aliphatic carboxylic acids is 1. The van der Waals surface area contributed by atoms with E-state index in [1.165, 1.54) is 16.2 Å². The molecule has 1 aromatic heterocycles. The third-order valence-corrected chi connectivity index (χ3v) is 4.59. The van der Waals surface area contributed by atoms with Crippen LogP contribution in [0.5, 0.6) is 0 Å². The zero-order chi connectivity index (χ0) is 14.9. The lowest BCUT2D eigenvalue weighted by atomic mass is 10.1. The summed E-state index contributed by atoms with van der Waals surface area (Å²) in [5, 5.41) is 9.73. The van der Waals surface area contributed by atoms with Crippen molar-refractivity contribution in [1.82, 2.24) is 9.88 Å². The van der Waals surface area contributed by atoms with E-state index in [9.17, 15) is 14.0 Å². The average Bonchev–Trinajstić information content (AvgIpc) is 2.94. The number of rotatable bonds is 4. The Hall–Kier alpha value is -1.50. The molecule has 0 aromatic carbocycles. The van der Waals surface area contributed by atoms with E-state index in [1.54, 1.807) is 6.92 Å². The number of carbonyl (C=O) groups is 2. The van der Waals surface area contributed by atoms with Gasteiger partial charge in [-0.2, -0.15) is 0 Å². The molecule has 0 spiro atoms. The van der Waals surface area contributed by atoms with Crippen molar-refractivity contribution in [3.05, 3.63) is 15.6 Å². The van der Waals surface area contributed by atoms with Gasteiger partial charge in [0.1, 0.15) is 4.88 Å². The fourth-order valence-electron chi connectivity index (χ4n) is 2.24. The molecule has 0 aliphatic carbocycles. The standard InChI is InChI=1S/C13H17FN2O3S/c1-3-4-9-15-8(2)10(20-9)11(17)16-6-5-13(14,7-16)12(18)19/h3-7H2,1-2H3,(H,18,19). The predicted molar refractivity (Wildman–Crippen MR) is 72.8 cm³/mol. The van der Waals surface area contributed by atoms with Crippen LogP contribution in [0.2, 0.25) is 0 Å². The number of hydrogen-bond donors (Lipinski definition) is 1. The van der Waals surface area contributed by atoms with Crippen molar-refractivity contribution in [3.8, 4) is 0 Å². The Labute approximate surface area is 120 Å². The Kier molecular flexibility index (Phi) is 4.08. The first-order valence-electron chi connectivity index (χ1n) is 6.55. The number of halogens is 1. The summed E-state index contributed by atoms with van der Waals surface area (Å²) in [7, 11) is 0. The third-order valence-electron chi connectivity index (χ3n) is 3.39. The van der Waals surface area contributed by atoms with Crippen molar-refractivity contribution in [3.63, 3.8) is 0 Å². The van der Waals surface area contributed by atoms with Crippen LogP contribution < -0.4 is 0 Å². The van der Waals surface area contributed by atoms with Crippen LogP contribution in [0.4, 0.5) is 4.39 Å². The molecule has 1 aliphatic rings. The smallest absolute Gasteiger partial charge is 0.343 e. The van der Waals surface area contributed by atoms with Crippen molar-refractivity contribution in [2.24, 2.45) is 0 Å². The molecular formula is C13H17FN2O3S. The summed E-state index contributed by atoms with van der Waals surface area (Å²) in [4.78, 5) is 29.3. The van der Waals surface area contributed by atoms with Gasteiger partial charge in [0.05, 0.1) is 17.2 Å². The molecule has 20 heavy (non-hydrogen) atoms. The molecule has 5 nitrogen and oxygen atoms in total. The van der Waals surface area contributed by atoms with Crippen LogP contribution in [0, 0.1) is 6.92 Å². The highest BCUT2D eigenvalue weighted by atomic mass is 32.1. The van der Waals surface area contributed by atoms with Crippen LogP contribution in [-0.4, -0.2) is 45.6 Å². The summed E-state index contributed by atoms with van der Waals surface area (Å²) < 4.78 is 14.0. The lowest BCUT2D eigenvalue weighted by Gasteiger charge is -2.17. The van der Waals surface area contributed by atoms with Gasteiger partial charge < -0.3 is 10.0 Å². The number of amides is 1. The molecule has 2 heterocycles. The average molecular weight is 300 g/mol. The number of carboxylic acid groups (broad SMARTS) is 1. The van der Waals surface area contributed by atoms with Crippen LogP contribution in [0.3, 0.4) is 0 Å². The lowest BCUT2D eigenvalue weighted by molar-refractivity contribution is -0.149. The molecule has 110 valence electrons. The van der Waals surface area contributed by atoms with Crippen LogP contribution in [0.15, 0.2) is 0 Å². The van der Waals surface area contributed by atoms with Crippen LogP contribution in [0.1, 0.15) is 40.1 Å². The second kappa shape index (κ2) is 5.47. The minimum atomic E-state index is -2.32. The SMILES string of the molecule is CCCc1nc(C)c(C(=O)N2CCC(F)(C(=O)O)C2)s1. The first-order valence-corrected chi connectivity index (χ1v) is 7.37. The second-order valence-corrected chi connectivity index (χ2v) is 6.10. The van der Waals surface area contributed by atoms with Gasteiger partial charge in [-0.3, -0.25) is 4.79 Å². The molecule has 0 bridgehead atoms. The molecule has 0 saturated carbocycles. The van der Waals surface area contributed by atoms with Crippen LogP contribution in [-0.2, 0) is 11.2 Å². The highest BCUT2D eigenvalue weighted by Gasteiger charge is 2.47. The summed E-state index contributed by atoms with van der Waals surface area (Å²) in [6.45, 7) is 3.52. The van der Waals surface area contributed by atoms with Gasteiger partial charge >= 0.3 is 5.97 Å². The normalized spacial score (nSPS) is 22.2. The largest absolute Gasteiger partial charge is 0.479 e. The predicted octanol–water partition coefficient (Wildman–Crippen LogP) is 2.04. The Morgan fingerprint density at radius 2 is 2.25 bits per heavy atom. The Balaban J connectivity index is 2.15. The van der Waals surface area contributed by atoms with E-state index < -0.39 is 11.6 Å². The second-order valence-electron chi connectivity index (χ2n) is 5.02. The van der Waals surface area contributed by atoms with Crippen molar-refractivity contribution < 1.29 is 19.1 Å². The molecule has 1 aliphatic heterocycles. The molecule has 1 fully saturated rings. The molecule has 1 aromatic rings. The zero-order valence-corrected chi connectivity index (χ0v) is 12.3. The van der Waals surface area contributed by atoms with E-state index in [0.29, 0.717) is 10.6 Å². The van der Waals surface area contributed by atoms with Gasteiger partial charge in [-0.15, -0.1) is 11.3 Å². The maximum atomic E-state index is 14.0. The number of thiazole rings is 1. The molecule has 1 unspecified atom stereocenters. The summed E-state index contributed by atoms with van der Waals surface area (Å²) in [5.41, 5.74) is -1.68. The van der Waals surface area contributed by atoms with Crippen LogP contribution >= 0.6 is 11.3 Å². The van der Waals surface area contributed by atoms with Crippen molar-refractivity contribution >= 4 is 23.2 Å². The van der Waals surface area contributed by atoms with Gasteiger partial charge in [-0.1, -0.05) is 6.92 Å². The van der Waals surface area contributed by atoms with E-state index in [1.807, 2.05) is 6.92 Å². The molecule has 0 radical (unpaired) electrons. The number of nitrogens with zero attached hydrogens (tertiary/aromatic N) is 2. The van der Waals surface area contributed by atoms with Gasteiger partial charge in [0.25, 0.3) is 5.91 Å². The summed E-state index contributed by atoms with van der Waals surface area (Å²) in [6.07, 6.45) is 1.59. The monoisotopic (exact) mass is 300 g/mol. The number of hydrogen-bond acceptors (Lipinski definition) is 4. The lowest BCUT2D eigenvalue weighted by Crippen LogP contribution is -2.38. The molecule has 1 atom stereocenters. The fraction of sp³-hybridized carbons (Fsp3) is 0.615. The highest BCUT2D eigenvalue weighted by molar-refractivity contribution is 7.13. The topological polar surface area (TPSA) is 70.5 Å². The maximum absolute atomic E-state index is 14.0. The number of carboxylic acids is 1. The third kappa shape index (κ3) is 2.67. The number of alkyl halides is 1. The molecule has 7 heteroatoms. The van der Waals surface area contributed by atoms with Crippen molar-refractivity contribution in [2.45, 2.75) is 38.8 Å². The van der Waals surface area contributed by atoms with Crippen LogP contribution in [0.25, 0.3) is 0 Å². The van der Waals surface area contributed by atoms with Gasteiger partial charge in [-0.25, -0.2) is 14.2 Å². The summed E-state index contributed by atoms with van der Waals surface area (Å²) in [6, 6.07) is 0. The van der Waals surface area contributed by atoms with Gasteiger partial charge in [0.15, 0.2) is 0 Å². The zero-order valence-electron chi connectivity index (χ0n) is 11.5. The Morgan fingerprint density at radius 3 is 2.80 bits per heavy atom. The van der Waals surface area contributed by atoms with E-state index in [2.05, 4.69) is 4.98 Å². The minimum absolute atomic E-state index is 0.127. The minimum Gasteiger partial charge on any atom is -0.479 e. The number of aryl methyl sites for hydroxylation is 2. The summed E-state index contributed by atoms with van der Waals surface area (Å²) >= 11 is 1.32. The van der Waals surface area contributed by atoms with Crippen molar-refractivity contribution in [1.29, 1.82) is 0 Å². The van der Waals surface area contributed by atoms with E-state index in [0.717, 1.165) is 17.8 Å². The quantitative estimate of drug-likeness (QED) is 0.924. The first-order chi connectivity index (χ1) is 9.37. The van der Waals surface area contributed by atoms with Gasteiger partial charge in [-0.05, 0) is 19.8 Å². The number of likely N-dealkylation sites (tertiary alicyclic amines) is 1. The van der Waals surface area contributed by atoms with E-state index >= 15 is 0 Å². The van der Waals surface area contributed by atoms with Crippen molar-refractivity contribution in [2.75, 3.05) is 13.1 Å². The molecule has 2 rings (SSSR count). The fourth-order valence-corrected chi connectivity index (χ4v) is 3.37. The first kappa shape index (κ1) is 14.9.